The normalized spacial score (nSPS) is 15.6. The van der Waals surface area contributed by atoms with E-state index in [9.17, 15) is 0 Å². The van der Waals surface area contributed by atoms with Gasteiger partial charge in [-0.1, -0.05) is 117 Å². The van der Waals surface area contributed by atoms with Gasteiger partial charge in [0.15, 0.2) is 0 Å². The number of para-hydroxylation sites is 3. The summed E-state index contributed by atoms with van der Waals surface area (Å²) in [5.41, 5.74) is 3.02. The monoisotopic (exact) mass is 654 g/mol. The zero-order valence-corrected chi connectivity index (χ0v) is 28.7. The molecule has 6 heteroatoms. The first-order valence-corrected chi connectivity index (χ1v) is 19.0. The van der Waals surface area contributed by atoms with Crippen molar-refractivity contribution in [3.05, 3.63) is 139 Å². The highest BCUT2D eigenvalue weighted by Gasteiger charge is 2.35. The average molecular weight is 655 g/mol. The summed E-state index contributed by atoms with van der Waals surface area (Å²) in [6, 6.07) is 43.5. The number of hydrogen-bond acceptors (Lipinski definition) is 4. The maximum Gasteiger partial charge on any atom is 0.864 e. The van der Waals surface area contributed by atoms with Gasteiger partial charge in [-0.05, 0) is 99.6 Å². The van der Waals surface area contributed by atoms with Crippen molar-refractivity contribution in [1.82, 2.24) is 0 Å². The SMILES string of the molecule is CCOc1c(P(c2ccccc2)c2ccccc2OB(Oc2ccccc2)Oc2ccccc2)ccc(C2CCCC2)c1C1CCCC1. The molecule has 2 aliphatic rings. The van der Waals surface area contributed by atoms with Crippen molar-refractivity contribution in [3.8, 4) is 23.0 Å². The Morgan fingerprint density at radius 1 is 0.562 bits per heavy atom. The molecule has 0 amide bonds. The largest absolute Gasteiger partial charge is 0.864 e. The van der Waals surface area contributed by atoms with E-state index in [1.54, 1.807) is 0 Å². The Hall–Kier alpha value is -4.21. The molecule has 5 aromatic carbocycles. The third-order valence-electron chi connectivity index (χ3n) is 9.59. The molecule has 0 N–H and O–H groups in total. The van der Waals surface area contributed by atoms with Gasteiger partial charge in [0, 0.05) is 16.2 Å². The Morgan fingerprint density at radius 3 is 1.71 bits per heavy atom. The fourth-order valence-electron chi connectivity index (χ4n) is 7.43. The molecule has 2 aliphatic carbocycles. The van der Waals surface area contributed by atoms with Crippen molar-refractivity contribution >= 4 is 31.2 Å². The first-order valence-electron chi connectivity index (χ1n) is 17.6. The fraction of sp³-hybridized carbons (Fsp3) is 0.286. The summed E-state index contributed by atoms with van der Waals surface area (Å²) in [6.07, 6.45) is 10.2. The summed E-state index contributed by atoms with van der Waals surface area (Å²) >= 11 is 0. The molecule has 0 aromatic heterocycles. The van der Waals surface area contributed by atoms with E-state index in [1.807, 2.05) is 72.8 Å². The van der Waals surface area contributed by atoms with Crippen molar-refractivity contribution in [3.63, 3.8) is 0 Å². The number of benzene rings is 5. The van der Waals surface area contributed by atoms with Crippen molar-refractivity contribution in [2.75, 3.05) is 6.61 Å². The Morgan fingerprint density at radius 2 is 1.10 bits per heavy atom. The molecule has 4 nitrogen and oxygen atoms in total. The van der Waals surface area contributed by atoms with E-state index >= 15 is 0 Å². The lowest BCUT2D eigenvalue weighted by atomic mass is 9.85. The van der Waals surface area contributed by atoms with Gasteiger partial charge in [-0.3, -0.25) is 0 Å². The van der Waals surface area contributed by atoms with Crippen LogP contribution in [0.5, 0.6) is 23.0 Å². The van der Waals surface area contributed by atoms with Gasteiger partial charge in [0.05, 0.1) is 6.61 Å². The number of hydrogen-bond donors (Lipinski definition) is 0. The van der Waals surface area contributed by atoms with E-state index in [1.165, 1.54) is 73.1 Å². The molecular formula is C42H44BO4P. The van der Waals surface area contributed by atoms with E-state index in [-0.39, 0.29) is 0 Å². The second-order valence-electron chi connectivity index (χ2n) is 12.7. The Bertz CT molecular complexity index is 1700. The van der Waals surface area contributed by atoms with Crippen LogP contribution in [0.1, 0.15) is 81.3 Å². The molecule has 0 aliphatic heterocycles. The van der Waals surface area contributed by atoms with Crippen molar-refractivity contribution in [2.45, 2.75) is 70.1 Å². The lowest BCUT2D eigenvalue weighted by molar-refractivity contribution is 0.308. The molecule has 0 spiro atoms. The van der Waals surface area contributed by atoms with E-state index in [4.69, 9.17) is 18.7 Å². The van der Waals surface area contributed by atoms with Gasteiger partial charge < -0.3 is 18.7 Å². The van der Waals surface area contributed by atoms with E-state index in [0.29, 0.717) is 29.9 Å². The topological polar surface area (TPSA) is 36.9 Å². The number of rotatable bonds is 13. The summed E-state index contributed by atoms with van der Waals surface area (Å²) < 4.78 is 26.2. The van der Waals surface area contributed by atoms with Crippen LogP contribution in [0.15, 0.2) is 127 Å². The smallest absolute Gasteiger partial charge is 0.493 e. The van der Waals surface area contributed by atoms with Gasteiger partial charge in [0.1, 0.15) is 23.0 Å². The Kier molecular flexibility index (Phi) is 10.6. The van der Waals surface area contributed by atoms with Crippen LogP contribution in [-0.2, 0) is 0 Å². The van der Waals surface area contributed by atoms with Crippen LogP contribution in [0.4, 0.5) is 0 Å². The summed E-state index contributed by atoms with van der Waals surface area (Å²) in [7, 11) is -2.07. The predicted molar refractivity (Wildman–Crippen MR) is 199 cm³/mol. The quantitative estimate of drug-likeness (QED) is 0.0936. The second-order valence-corrected chi connectivity index (χ2v) is 14.9. The molecule has 0 heterocycles. The zero-order chi connectivity index (χ0) is 32.5. The minimum Gasteiger partial charge on any atom is -0.493 e. The van der Waals surface area contributed by atoms with Gasteiger partial charge in [0.2, 0.25) is 0 Å². The molecule has 0 radical (unpaired) electrons. The maximum atomic E-state index is 6.81. The predicted octanol–water partition coefficient (Wildman–Crippen LogP) is 9.68. The summed E-state index contributed by atoms with van der Waals surface area (Å²) in [4.78, 5) is 0. The first-order chi connectivity index (χ1) is 23.8. The third kappa shape index (κ3) is 7.42. The van der Waals surface area contributed by atoms with Crippen molar-refractivity contribution in [1.29, 1.82) is 0 Å². The molecule has 0 saturated heterocycles. The van der Waals surface area contributed by atoms with Crippen LogP contribution >= 0.6 is 7.92 Å². The summed E-state index contributed by atoms with van der Waals surface area (Å²) in [5.74, 6) is 4.35. The van der Waals surface area contributed by atoms with E-state index < -0.39 is 15.2 Å². The average Bonchev–Trinajstić information content (AvgIpc) is 3.87. The highest BCUT2D eigenvalue weighted by atomic mass is 31.1. The molecule has 1 atom stereocenters. The van der Waals surface area contributed by atoms with Gasteiger partial charge in [0.25, 0.3) is 0 Å². The zero-order valence-electron chi connectivity index (χ0n) is 27.8. The highest BCUT2D eigenvalue weighted by Crippen LogP contribution is 2.49. The molecule has 244 valence electrons. The summed E-state index contributed by atoms with van der Waals surface area (Å²) in [6.45, 7) is 2.76. The molecule has 5 aromatic rings. The minimum atomic E-state index is -1.06. The highest BCUT2D eigenvalue weighted by molar-refractivity contribution is 7.80. The first kappa shape index (κ1) is 32.3. The molecule has 7 rings (SSSR count). The van der Waals surface area contributed by atoms with Crippen LogP contribution in [-0.4, -0.2) is 13.9 Å². The van der Waals surface area contributed by atoms with Crippen LogP contribution in [0.2, 0.25) is 0 Å². The lowest BCUT2D eigenvalue weighted by Crippen LogP contribution is -2.38. The molecule has 0 bridgehead atoms. The molecule has 1 unspecified atom stereocenters. The minimum absolute atomic E-state index is 0.546. The molecule has 2 fully saturated rings. The van der Waals surface area contributed by atoms with E-state index in [0.717, 1.165) is 16.8 Å². The van der Waals surface area contributed by atoms with Gasteiger partial charge in [-0.25, -0.2) is 0 Å². The van der Waals surface area contributed by atoms with Crippen LogP contribution in [0.3, 0.4) is 0 Å². The molecular weight excluding hydrogens is 610 g/mol. The fourth-order valence-corrected chi connectivity index (χ4v) is 9.91. The Labute approximate surface area is 287 Å². The van der Waals surface area contributed by atoms with Gasteiger partial charge >= 0.3 is 7.32 Å². The summed E-state index contributed by atoms with van der Waals surface area (Å²) in [5, 5.41) is 3.60. The lowest BCUT2D eigenvalue weighted by Gasteiger charge is -2.30. The van der Waals surface area contributed by atoms with Gasteiger partial charge in [-0.15, -0.1) is 0 Å². The number of ether oxygens (including phenoxy) is 1. The third-order valence-corrected chi connectivity index (χ3v) is 12.1. The van der Waals surface area contributed by atoms with Crippen LogP contribution in [0.25, 0.3) is 0 Å². The van der Waals surface area contributed by atoms with Crippen molar-refractivity contribution in [2.24, 2.45) is 0 Å². The van der Waals surface area contributed by atoms with Crippen molar-refractivity contribution < 1.29 is 18.7 Å². The van der Waals surface area contributed by atoms with Crippen LogP contribution < -0.4 is 34.6 Å². The maximum absolute atomic E-state index is 6.81. The Balaban J connectivity index is 1.35. The second kappa shape index (κ2) is 15.8. The standard InChI is InChI=1S/C42H44BO4P/c1-2-44-42-40(31-30-37(32-18-12-13-19-32)41(42)33-20-14-15-21-33)48(36-26-10-5-11-27-36)39-29-17-16-28-38(39)47-43(45-34-22-6-3-7-23-34)46-35-24-8-4-9-25-35/h3-11,16-17,22-33H,2,12-15,18-21H2,1H3. The van der Waals surface area contributed by atoms with Crippen LogP contribution in [0, 0.1) is 0 Å². The molecule has 48 heavy (non-hydrogen) atoms. The molecule has 2 saturated carbocycles. The van der Waals surface area contributed by atoms with E-state index in [2.05, 4.69) is 61.5 Å². The van der Waals surface area contributed by atoms with Gasteiger partial charge in [-0.2, -0.15) is 0 Å².